The van der Waals surface area contributed by atoms with Gasteiger partial charge in [0.2, 0.25) is 15.3 Å². The van der Waals surface area contributed by atoms with Gasteiger partial charge in [-0.25, -0.2) is 8.42 Å². The van der Waals surface area contributed by atoms with E-state index in [1.807, 2.05) is 55.5 Å². The average Bonchev–Trinajstić information content (AvgIpc) is 3.01. The van der Waals surface area contributed by atoms with Crippen LogP contribution in [0, 0.1) is 6.92 Å². The van der Waals surface area contributed by atoms with Crippen LogP contribution in [0.4, 0.5) is 0 Å². The molecule has 0 radical (unpaired) electrons. The molecular formula is C22H18O4S. The van der Waals surface area contributed by atoms with Gasteiger partial charge >= 0.3 is 0 Å². The van der Waals surface area contributed by atoms with E-state index in [0.29, 0.717) is 0 Å². The second kappa shape index (κ2) is 6.67. The lowest BCUT2D eigenvalue weighted by molar-refractivity contribution is -0.130. The maximum Gasteiger partial charge on any atom is 0.294 e. The Morgan fingerprint density at radius 3 is 1.89 bits per heavy atom. The molecule has 0 saturated carbocycles. The minimum absolute atomic E-state index is 0.141. The van der Waals surface area contributed by atoms with Crippen molar-refractivity contribution in [3.8, 4) is 11.1 Å². The van der Waals surface area contributed by atoms with Crippen LogP contribution < -0.4 is 0 Å². The molecule has 0 spiro atoms. The summed E-state index contributed by atoms with van der Waals surface area (Å²) in [7, 11) is -3.90. The molecule has 1 aliphatic rings. The molecule has 1 aliphatic carbocycles. The first-order chi connectivity index (χ1) is 13.0. The van der Waals surface area contributed by atoms with Crippen molar-refractivity contribution in [3.05, 3.63) is 89.5 Å². The highest BCUT2D eigenvalue weighted by Crippen LogP contribution is 2.48. The van der Waals surface area contributed by atoms with Crippen LogP contribution in [-0.2, 0) is 19.4 Å². The quantitative estimate of drug-likeness (QED) is 0.628. The molecule has 136 valence electrons. The highest BCUT2D eigenvalue weighted by molar-refractivity contribution is 7.92. The summed E-state index contributed by atoms with van der Waals surface area (Å²) in [4.78, 5) is 11.4. The number of rotatable bonds is 5. The molecule has 0 aliphatic heterocycles. The number of hydrogen-bond donors (Lipinski definition) is 0. The Morgan fingerprint density at radius 1 is 0.852 bits per heavy atom. The lowest BCUT2D eigenvalue weighted by Gasteiger charge is -2.24. The van der Waals surface area contributed by atoms with Gasteiger partial charge in [-0.3, -0.25) is 4.79 Å². The maximum absolute atomic E-state index is 13.4. The summed E-state index contributed by atoms with van der Waals surface area (Å²) in [6.45, 7) is 2.11. The Hall–Kier alpha value is -2.92. The van der Waals surface area contributed by atoms with Crippen molar-refractivity contribution in [1.82, 2.24) is 0 Å². The molecular weight excluding hydrogens is 360 g/mol. The molecule has 27 heavy (non-hydrogen) atoms. The minimum atomic E-state index is -3.90. The van der Waals surface area contributed by atoms with Crippen LogP contribution in [-0.4, -0.2) is 20.3 Å². The maximum atomic E-state index is 13.4. The molecule has 3 aromatic rings. The number of fused-ring (bicyclic) bond motifs is 3. The van der Waals surface area contributed by atoms with Gasteiger partial charge in [-0.15, -0.1) is 0 Å². The van der Waals surface area contributed by atoms with E-state index in [1.165, 1.54) is 0 Å². The number of benzene rings is 3. The average molecular weight is 378 g/mol. The van der Waals surface area contributed by atoms with Crippen LogP contribution in [0.3, 0.4) is 0 Å². The Morgan fingerprint density at radius 2 is 1.37 bits per heavy atom. The van der Waals surface area contributed by atoms with Gasteiger partial charge in [0.25, 0.3) is 6.47 Å². The van der Waals surface area contributed by atoms with E-state index in [9.17, 15) is 13.2 Å². The van der Waals surface area contributed by atoms with E-state index >= 15 is 0 Å². The van der Waals surface area contributed by atoms with E-state index in [-0.39, 0.29) is 11.4 Å². The highest BCUT2D eigenvalue weighted by Gasteiger charge is 2.43. The molecule has 1 unspecified atom stereocenters. The lowest BCUT2D eigenvalue weighted by atomic mass is 9.98. The van der Waals surface area contributed by atoms with Crippen molar-refractivity contribution < 1.29 is 17.9 Å². The van der Waals surface area contributed by atoms with Gasteiger partial charge in [0, 0.05) is 0 Å². The van der Waals surface area contributed by atoms with Gasteiger partial charge in [0.05, 0.1) is 10.8 Å². The van der Waals surface area contributed by atoms with Gasteiger partial charge in [-0.2, -0.15) is 0 Å². The number of carbonyl (C=O) groups excluding carboxylic acids is 1. The molecule has 0 N–H and O–H groups in total. The largest absolute Gasteiger partial charge is 0.447 e. The van der Waals surface area contributed by atoms with Crippen molar-refractivity contribution >= 4 is 16.3 Å². The highest BCUT2D eigenvalue weighted by atomic mass is 32.2. The van der Waals surface area contributed by atoms with E-state index in [4.69, 9.17) is 4.74 Å². The first-order valence-corrected chi connectivity index (χ1v) is 10.2. The second-order valence-corrected chi connectivity index (χ2v) is 8.64. The zero-order chi connectivity index (χ0) is 19.0. The van der Waals surface area contributed by atoms with Crippen LogP contribution >= 0.6 is 0 Å². The molecule has 0 fully saturated rings. The predicted octanol–water partition coefficient (Wildman–Crippen LogP) is 4.08. The molecule has 5 heteroatoms. The summed E-state index contributed by atoms with van der Waals surface area (Å²) >= 11 is 0. The van der Waals surface area contributed by atoms with Crippen molar-refractivity contribution in [2.75, 3.05) is 0 Å². The van der Waals surface area contributed by atoms with Gasteiger partial charge in [-0.05, 0) is 41.3 Å². The monoisotopic (exact) mass is 378 g/mol. The Labute approximate surface area is 158 Å². The number of aryl methyl sites for hydroxylation is 1. The van der Waals surface area contributed by atoms with Gasteiger partial charge in [-0.1, -0.05) is 66.2 Å². The number of sulfone groups is 1. The third kappa shape index (κ3) is 2.84. The topological polar surface area (TPSA) is 60.4 Å². The summed E-state index contributed by atoms with van der Waals surface area (Å²) in [5, 5.41) is 0. The van der Waals surface area contributed by atoms with Crippen molar-refractivity contribution in [3.63, 3.8) is 0 Å². The summed E-state index contributed by atoms with van der Waals surface area (Å²) in [5.74, 6) is -0.575. The van der Waals surface area contributed by atoms with Crippen molar-refractivity contribution in [1.29, 1.82) is 0 Å². The van der Waals surface area contributed by atoms with Crippen LogP contribution in [0.5, 0.6) is 0 Å². The molecule has 0 aromatic heterocycles. The second-order valence-electron chi connectivity index (χ2n) is 6.61. The molecule has 0 heterocycles. The molecule has 0 amide bonds. The standard InChI is InChI=1S/C22H18O4S/c1-15-10-12-16(13-11-15)27(24,25)22(26-14-23)21-19-8-4-2-6-17(19)18-7-3-5-9-20(18)21/h2-14,21-22H,1H3. The molecule has 1 atom stereocenters. The first-order valence-electron chi connectivity index (χ1n) is 8.62. The van der Waals surface area contributed by atoms with Gasteiger partial charge in [0.1, 0.15) is 0 Å². The van der Waals surface area contributed by atoms with E-state index in [1.54, 1.807) is 24.3 Å². The normalized spacial score (nSPS) is 14.3. The number of carbonyl (C=O) groups is 1. The summed E-state index contributed by atoms with van der Waals surface area (Å²) < 4.78 is 31.9. The van der Waals surface area contributed by atoms with E-state index < -0.39 is 21.2 Å². The Kier molecular flexibility index (Phi) is 4.32. The molecule has 3 aromatic carbocycles. The van der Waals surface area contributed by atoms with Crippen molar-refractivity contribution in [2.24, 2.45) is 0 Å². The fourth-order valence-corrected chi connectivity index (χ4v) is 5.36. The Bertz CT molecular complexity index is 1060. The van der Waals surface area contributed by atoms with Gasteiger partial charge < -0.3 is 4.74 Å². The third-order valence-electron chi connectivity index (χ3n) is 5.00. The number of hydrogen-bond acceptors (Lipinski definition) is 4. The minimum Gasteiger partial charge on any atom is -0.447 e. The first kappa shape index (κ1) is 17.5. The number of ether oxygens (including phenoxy) is 1. The molecule has 4 nitrogen and oxygen atoms in total. The molecule has 0 bridgehead atoms. The fraction of sp³-hybridized carbons (Fsp3) is 0.136. The Balaban J connectivity index is 1.90. The van der Waals surface area contributed by atoms with Crippen LogP contribution in [0.25, 0.3) is 11.1 Å². The smallest absolute Gasteiger partial charge is 0.294 e. The van der Waals surface area contributed by atoms with Gasteiger partial charge in [0.15, 0.2) is 0 Å². The summed E-state index contributed by atoms with van der Waals surface area (Å²) in [6, 6.07) is 21.9. The zero-order valence-corrected chi connectivity index (χ0v) is 15.5. The van der Waals surface area contributed by atoms with E-state index in [0.717, 1.165) is 27.8 Å². The van der Waals surface area contributed by atoms with Crippen LogP contribution in [0.2, 0.25) is 0 Å². The zero-order valence-electron chi connectivity index (χ0n) is 14.7. The summed E-state index contributed by atoms with van der Waals surface area (Å²) in [5.41, 5.74) is 3.26. The SMILES string of the molecule is Cc1ccc(S(=O)(=O)C(OC=O)C2c3ccccc3-c3ccccc32)cc1. The summed E-state index contributed by atoms with van der Waals surface area (Å²) in [6.07, 6.45) is 0. The predicted molar refractivity (Wildman–Crippen MR) is 103 cm³/mol. The van der Waals surface area contributed by atoms with Crippen molar-refractivity contribution in [2.45, 2.75) is 23.2 Å². The van der Waals surface area contributed by atoms with Crippen LogP contribution in [0.1, 0.15) is 22.6 Å². The third-order valence-corrected chi connectivity index (χ3v) is 6.92. The van der Waals surface area contributed by atoms with E-state index in [2.05, 4.69) is 0 Å². The lowest BCUT2D eigenvalue weighted by Crippen LogP contribution is -2.31. The molecule has 4 rings (SSSR count). The fourth-order valence-electron chi connectivity index (χ4n) is 3.74. The molecule has 0 saturated heterocycles. The van der Waals surface area contributed by atoms with Crippen LogP contribution in [0.15, 0.2) is 77.7 Å².